The lowest BCUT2D eigenvalue weighted by atomic mass is 10.1. The number of benzene rings is 1. The molecule has 1 rings (SSSR count). The van der Waals surface area contributed by atoms with E-state index in [1.54, 1.807) is 0 Å². The highest BCUT2D eigenvalue weighted by atomic mass is 16.5. The Morgan fingerprint density at radius 3 is 2.45 bits per heavy atom. The Hall–Kier alpha value is -2.08. The zero-order valence-corrected chi connectivity index (χ0v) is 12.1. The third-order valence-electron chi connectivity index (χ3n) is 2.51. The van der Waals surface area contributed by atoms with Crippen LogP contribution in [-0.2, 0) is 4.79 Å². The summed E-state index contributed by atoms with van der Waals surface area (Å²) in [5.41, 5.74) is 0.0499. The first-order chi connectivity index (χ1) is 9.23. The Labute approximate surface area is 118 Å². The van der Waals surface area contributed by atoms with Gasteiger partial charge in [-0.3, -0.25) is 4.79 Å². The molecule has 0 fully saturated rings. The number of nitrogens with one attached hydrogen (secondary N) is 2. The Kier molecular flexibility index (Phi) is 5.10. The summed E-state index contributed by atoms with van der Waals surface area (Å²) >= 11 is 0. The van der Waals surface area contributed by atoms with Gasteiger partial charge in [0, 0.05) is 11.6 Å². The van der Waals surface area contributed by atoms with Crippen LogP contribution in [0, 0.1) is 0 Å². The highest BCUT2D eigenvalue weighted by molar-refractivity contribution is 6.01. The maximum atomic E-state index is 11.8. The lowest BCUT2D eigenvalue weighted by Gasteiger charge is -2.20. The molecule has 1 aromatic rings. The van der Waals surface area contributed by atoms with Crippen molar-refractivity contribution in [2.24, 2.45) is 0 Å². The molecular formula is C14H20N2O4. The summed E-state index contributed by atoms with van der Waals surface area (Å²) in [4.78, 5) is 22.9. The smallest absolute Gasteiger partial charge is 0.337 e. The fourth-order valence-corrected chi connectivity index (χ4v) is 1.48. The number of carbonyl (C=O) groups excluding carboxylic acids is 1. The van der Waals surface area contributed by atoms with Crippen molar-refractivity contribution < 1.29 is 19.4 Å². The van der Waals surface area contributed by atoms with Gasteiger partial charge in [-0.15, -0.1) is 0 Å². The fraction of sp³-hybridized carbons (Fsp3) is 0.429. The highest BCUT2D eigenvalue weighted by Gasteiger charge is 2.15. The number of rotatable bonds is 5. The van der Waals surface area contributed by atoms with Crippen molar-refractivity contribution in [2.75, 3.05) is 19.0 Å². The second-order valence-corrected chi connectivity index (χ2v) is 5.37. The average molecular weight is 280 g/mol. The van der Waals surface area contributed by atoms with Crippen LogP contribution >= 0.6 is 0 Å². The number of hydrogen-bond acceptors (Lipinski definition) is 4. The minimum Gasteiger partial charge on any atom is -0.497 e. The van der Waals surface area contributed by atoms with Gasteiger partial charge in [0.15, 0.2) is 0 Å². The molecular weight excluding hydrogens is 260 g/mol. The van der Waals surface area contributed by atoms with Crippen molar-refractivity contribution in [1.29, 1.82) is 0 Å². The van der Waals surface area contributed by atoms with Crippen LogP contribution < -0.4 is 15.4 Å². The molecule has 1 amide bonds. The van der Waals surface area contributed by atoms with Crippen molar-refractivity contribution in [3.05, 3.63) is 23.8 Å². The number of carboxylic acids is 1. The molecule has 110 valence electrons. The van der Waals surface area contributed by atoms with Gasteiger partial charge < -0.3 is 20.5 Å². The monoisotopic (exact) mass is 280 g/mol. The van der Waals surface area contributed by atoms with Crippen molar-refractivity contribution >= 4 is 17.6 Å². The molecule has 0 radical (unpaired) electrons. The molecule has 3 N–H and O–H groups in total. The van der Waals surface area contributed by atoms with Gasteiger partial charge in [0.25, 0.3) is 0 Å². The van der Waals surface area contributed by atoms with E-state index in [-0.39, 0.29) is 29.2 Å². The standard InChI is InChI=1S/C14H20N2O4/c1-14(2,3)15-8-12(17)16-11-7-9(20-4)5-6-10(11)13(18)19/h5-7,15H,8H2,1-4H3,(H,16,17)(H,18,19). The van der Waals surface area contributed by atoms with Gasteiger partial charge in [-0.2, -0.15) is 0 Å². The zero-order chi connectivity index (χ0) is 15.3. The molecule has 6 heteroatoms. The number of methoxy groups -OCH3 is 1. The van der Waals surface area contributed by atoms with Gasteiger partial charge in [0.1, 0.15) is 5.75 Å². The molecule has 0 aliphatic carbocycles. The van der Waals surface area contributed by atoms with Crippen molar-refractivity contribution in [1.82, 2.24) is 5.32 Å². The third kappa shape index (κ3) is 4.89. The number of anilines is 1. The topological polar surface area (TPSA) is 87.7 Å². The first-order valence-corrected chi connectivity index (χ1v) is 6.19. The number of ether oxygens (including phenoxy) is 1. The quantitative estimate of drug-likeness (QED) is 0.764. The van der Waals surface area contributed by atoms with Gasteiger partial charge in [0.2, 0.25) is 5.91 Å². The van der Waals surface area contributed by atoms with Gasteiger partial charge in [-0.05, 0) is 32.9 Å². The molecule has 0 spiro atoms. The van der Waals surface area contributed by atoms with E-state index in [9.17, 15) is 9.59 Å². The van der Waals surface area contributed by atoms with Crippen LogP contribution in [0.4, 0.5) is 5.69 Å². The number of carboxylic acid groups (broad SMARTS) is 1. The zero-order valence-electron chi connectivity index (χ0n) is 12.1. The molecule has 20 heavy (non-hydrogen) atoms. The summed E-state index contributed by atoms with van der Waals surface area (Å²) in [6.45, 7) is 5.91. The highest BCUT2D eigenvalue weighted by Crippen LogP contribution is 2.22. The van der Waals surface area contributed by atoms with E-state index in [1.165, 1.54) is 25.3 Å². The van der Waals surface area contributed by atoms with E-state index >= 15 is 0 Å². The van der Waals surface area contributed by atoms with E-state index in [1.807, 2.05) is 20.8 Å². The molecule has 0 bridgehead atoms. The molecule has 0 heterocycles. The summed E-state index contributed by atoms with van der Waals surface area (Å²) < 4.78 is 5.03. The number of amides is 1. The Balaban J connectivity index is 2.84. The Morgan fingerprint density at radius 2 is 1.95 bits per heavy atom. The second kappa shape index (κ2) is 6.38. The maximum Gasteiger partial charge on any atom is 0.337 e. The lowest BCUT2D eigenvalue weighted by Crippen LogP contribution is -2.41. The van der Waals surface area contributed by atoms with E-state index < -0.39 is 5.97 Å². The molecule has 0 unspecified atom stereocenters. The third-order valence-corrected chi connectivity index (χ3v) is 2.51. The predicted octanol–water partition coefficient (Wildman–Crippen LogP) is 1.72. The lowest BCUT2D eigenvalue weighted by molar-refractivity contribution is -0.115. The van der Waals surface area contributed by atoms with E-state index in [0.717, 1.165) is 0 Å². The summed E-state index contributed by atoms with van der Waals surface area (Å²) in [6, 6.07) is 4.42. The van der Waals surface area contributed by atoms with Gasteiger partial charge in [-0.25, -0.2) is 4.79 Å². The van der Waals surface area contributed by atoms with Crippen molar-refractivity contribution in [2.45, 2.75) is 26.3 Å². The molecule has 0 aliphatic rings. The molecule has 0 saturated heterocycles. The SMILES string of the molecule is COc1ccc(C(=O)O)c(NC(=O)CNC(C)(C)C)c1. The Bertz CT molecular complexity index is 506. The van der Waals surface area contributed by atoms with Gasteiger partial charge >= 0.3 is 5.97 Å². The molecule has 6 nitrogen and oxygen atoms in total. The molecule has 0 aliphatic heterocycles. The van der Waals surface area contributed by atoms with Gasteiger partial charge in [0.05, 0.1) is 24.9 Å². The number of hydrogen-bond donors (Lipinski definition) is 3. The van der Waals surface area contributed by atoms with Crippen LogP contribution in [0.5, 0.6) is 5.75 Å². The number of carbonyl (C=O) groups is 2. The van der Waals surface area contributed by atoms with E-state index in [0.29, 0.717) is 5.75 Å². The average Bonchev–Trinajstić information content (AvgIpc) is 2.35. The normalized spacial score (nSPS) is 11.0. The van der Waals surface area contributed by atoms with Crippen molar-refractivity contribution in [3.8, 4) is 5.75 Å². The molecule has 0 saturated carbocycles. The summed E-state index contributed by atoms with van der Waals surface area (Å²) in [5, 5.41) is 14.7. The van der Waals surface area contributed by atoms with Crippen LogP contribution in [0.1, 0.15) is 31.1 Å². The van der Waals surface area contributed by atoms with E-state index in [2.05, 4.69) is 10.6 Å². The summed E-state index contributed by atoms with van der Waals surface area (Å²) in [5.74, 6) is -0.934. The number of aromatic carboxylic acids is 1. The first-order valence-electron chi connectivity index (χ1n) is 6.19. The fourth-order valence-electron chi connectivity index (χ4n) is 1.48. The molecule has 0 atom stereocenters. The minimum atomic E-state index is -1.10. The van der Waals surface area contributed by atoms with Crippen LogP contribution in [0.25, 0.3) is 0 Å². The summed E-state index contributed by atoms with van der Waals surface area (Å²) in [7, 11) is 1.47. The maximum absolute atomic E-state index is 11.8. The van der Waals surface area contributed by atoms with Crippen molar-refractivity contribution in [3.63, 3.8) is 0 Å². The second-order valence-electron chi connectivity index (χ2n) is 5.37. The van der Waals surface area contributed by atoms with Crippen LogP contribution in [0.15, 0.2) is 18.2 Å². The van der Waals surface area contributed by atoms with Crippen LogP contribution in [0.2, 0.25) is 0 Å². The summed E-state index contributed by atoms with van der Waals surface area (Å²) in [6.07, 6.45) is 0. The van der Waals surface area contributed by atoms with E-state index in [4.69, 9.17) is 9.84 Å². The van der Waals surface area contributed by atoms with Crippen LogP contribution in [-0.4, -0.2) is 36.2 Å². The molecule has 1 aromatic carbocycles. The Morgan fingerprint density at radius 1 is 1.30 bits per heavy atom. The largest absolute Gasteiger partial charge is 0.497 e. The van der Waals surface area contributed by atoms with Gasteiger partial charge in [-0.1, -0.05) is 0 Å². The first kappa shape index (κ1) is 16.0. The minimum absolute atomic E-state index is 0.0231. The van der Waals surface area contributed by atoms with Crippen LogP contribution in [0.3, 0.4) is 0 Å². The molecule has 0 aromatic heterocycles. The predicted molar refractivity (Wildman–Crippen MR) is 76.3 cm³/mol.